The van der Waals surface area contributed by atoms with Crippen molar-refractivity contribution in [2.45, 2.75) is 26.2 Å². The lowest BCUT2D eigenvalue weighted by Crippen LogP contribution is -3.13. The quantitative estimate of drug-likeness (QED) is 0.647. The minimum atomic E-state index is -0.147. The van der Waals surface area contributed by atoms with Crippen LogP contribution in [0.5, 0.6) is 5.75 Å². The van der Waals surface area contributed by atoms with Crippen LogP contribution in [0.4, 0.5) is 5.69 Å². The number of hydrazone groups is 1. The van der Waals surface area contributed by atoms with E-state index in [-0.39, 0.29) is 12.5 Å². The number of hydrogen-bond donors (Lipinski definition) is 3. The number of hydrogen-bond acceptors (Lipinski definition) is 4. The Balaban J connectivity index is 1.74. The van der Waals surface area contributed by atoms with Crippen LogP contribution < -0.4 is 20.4 Å². The molecule has 1 amide bonds. The van der Waals surface area contributed by atoms with Gasteiger partial charge >= 0.3 is 0 Å². The van der Waals surface area contributed by atoms with Gasteiger partial charge in [0, 0.05) is 18.6 Å². The van der Waals surface area contributed by atoms with Crippen molar-refractivity contribution in [3.8, 4) is 5.75 Å². The molecule has 3 N–H and O–H groups in total. The third-order valence-electron chi connectivity index (χ3n) is 4.02. The summed E-state index contributed by atoms with van der Waals surface area (Å²) in [6, 6.07) is 7.52. The topological polar surface area (TPSA) is 67.2 Å². The van der Waals surface area contributed by atoms with Gasteiger partial charge in [-0.3, -0.25) is 4.79 Å². The highest BCUT2D eigenvalue weighted by molar-refractivity contribution is 5.87. The van der Waals surface area contributed by atoms with Gasteiger partial charge in [-0.25, -0.2) is 5.43 Å². The first-order valence-electron chi connectivity index (χ1n) is 8.27. The maximum Gasteiger partial charge on any atom is 0.259 e. The van der Waals surface area contributed by atoms with Crippen LogP contribution in [0.3, 0.4) is 0 Å². The Morgan fingerprint density at radius 3 is 2.74 bits per heavy atom. The number of rotatable bonds is 7. The molecule has 0 spiro atoms. The molecule has 1 saturated heterocycles. The lowest BCUT2D eigenvalue weighted by atomic mass is 10.1. The summed E-state index contributed by atoms with van der Waals surface area (Å²) < 4.78 is 5.24. The molecular weight excluding hydrogens is 292 g/mol. The summed E-state index contributed by atoms with van der Waals surface area (Å²) in [6.07, 6.45) is 3.15. The molecule has 23 heavy (non-hydrogen) atoms. The first-order chi connectivity index (χ1) is 11.2. The maximum absolute atomic E-state index is 11.9. The van der Waals surface area contributed by atoms with Gasteiger partial charge < -0.3 is 15.0 Å². The van der Waals surface area contributed by atoms with Gasteiger partial charge in [0.05, 0.1) is 39.0 Å². The van der Waals surface area contributed by atoms with E-state index in [1.165, 1.54) is 13.0 Å². The molecule has 1 aromatic carbocycles. The summed E-state index contributed by atoms with van der Waals surface area (Å²) in [5, 5.41) is 7.33. The number of nitrogens with zero attached hydrogens (tertiary/aromatic N) is 1. The lowest BCUT2D eigenvalue weighted by molar-refractivity contribution is -0.901. The van der Waals surface area contributed by atoms with Crippen LogP contribution in [0.2, 0.25) is 0 Å². The van der Waals surface area contributed by atoms with E-state index in [0.717, 1.165) is 43.1 Å². The molecule has 0 unspecified atom stereocenters. The lowest BCUT2D eigenvalue weighted by Gasteiger charge is -2.24. The van der Waals surface area contributed by atoms with Crippen LogP contribution in [0.15, 0.2) is 29.4 Å². The predicted octanol–water partition coefficient (Wildman–Crippen LogP) is 0.668. The Labute approximate surface area is 137 Å². The molecule has 0 atom stereocenters. The average molecular weight is 319 g/mol. The third kappa shape index (κ3) is 5.56. The van der Waals surface area contributed by atoms with Crippen LogP contribution >= 0.6 is 0 Å². The summed E-state index contributed by atoms with van der Waals surface area (Å²) in [6.45, 7) is 5.84. The van der Waals surface area contributed by atoms with E-state index in [2.05, 4.69) is 22.8 Å². The van der Waals surface area contributed by atoms with Gasteiger partial charge in [-0.2, -0.15) is 5.10 Å². The number of likely N-dealkylation sites (tertiary alicyclic amines) is 1. The van der Waals surface area contributed by atoms with E-state index in [1.807, 2.05) is 24.3 Å². The van der Waals surface area contributed by atoms with Gasteiger partial charge in [0.1, 0.15) is 5.75 Å². The highest BCUT2D eigenvalue weighted by Gasteiger charge is 2.17. The Bertz CT molecular complexity index is 535. The molecule has 1 aromatic rings. The highest BCUT2D eigenvalue weighted by Crippen LogP contribution is 2.22. The molecule has 126 valence electrons. The summed E-state index contributed by atoms with van der Waals surface area (Å²) in [5.74, 6) is 0.574. The normalized spacial score (nSPS) is 17.5. The summed E-state index contributed by atoms with van der Waals surface area (Å²) in [5.41, 5.74) is 4.54. The summed E-state index contributed by atoms with van der Waals surface area (Å²) in [7, 11) is 1.61. The largest absolute Gasteiger partial charge is 0.495 e. The molecule has 1 aliphatic rings. The minimum Gasteiger partial charge on any atom is -0.495 e. The Morgan fingerprint density at radius 2 is 2.04 bits per heavy atom. The molecule has 0 saturated carbocycles. The van der Waals surface area contributed by atoms with E-state index >= 15 is 0 Å². The molecule has 1 heterocycles. The van der Waals surface area contributed by atoms with Crippen molar-refractivity contribution in [2.75, 3.05) is 38.6 Å². The molecule has 1 fully saturated rings. The average Bonchev–Trinajstić information content (AvgIpc) is 2.60. The number of carbonyl (C=O) groups excluding carboxylic acids is 1. The monoisotopic (exact) mass is 319 g/mol. The van der Waals surface area contributed by atoms with Gasteiger partial charge in [0.15, 0.2) is 0 Å². The van der Waals surface area contributed by atoms with Gasteiger partial charge in [0.2, 0.25) is 0 Å². The number of para-hydroxylation sites is 2. The second kappa shape index (κ2) is 9.15. The summed E-state index contributed by atoms with van der Waals surface area (Å²) in [4.78, 5) is 13.5. The predicted molar refractivity (Wildman–Crippen MR) is 92.2 cm³/mol. The van der Waals surface area contributed by atoms with Gasteiger partial charge in [-0.05, 0) is 18.6 Å². The van der Waals surface area contributed by atoms with Crippen molar-refractivity contribution in [2.24, 2.45) is 5.10 Å². The Hall–Kier alpha value is -2.08. The smallest absolute Gasteiger partial charge is 0.259 e. The number of carbonyl (C=O) groups is 1. The second-order valence-corrected chi connectivity index (χ2v) is 5.77. The van der Waals surface area contributed by atoms with Crippen LogP contribution in [-0.4, -0.2) is 44.9 Å². The number of anilines is 1. The fourth-order valence-electron chi connectivity index (χ4n) is 2.75. The van der Waals surface area contributed by atoms with E-state index in [4.69, 9.17) is 4.74 Å². The van der Waals surface area contributed by atoms with Gasteiger partial charge in [-0.15, -0.1) is 0 Å². The van der Waals surface area contributed by atoms with E-state index < -0.39 is 0 Å². The SMILES string of the molecule is CCC[NH+]1CCC(=NNC(=O)CNc2ccccc2OC)CC1. The van der Waals surface area contributed by atoms with Gasteiger partial charge in [-0.1, -0.05) is 19.1 Å². The van der Waals surface area contributed by atoms with E-state index in [0.29, 0.717) is 0 Å². The fourth-order valence-corrected chi connectivity index (χ4v) is 2.75. The number of ether oxygens (including phenoxy) is 1. The minimum absolute atomic E-state index is 0.147. The number of nitrogens with one attached hydrogen (secondary N) is 3. The zero-order chi connectivity index (χ0) is 16.5. The number of amides is 1. The zero-order valence-corrected chi connectivity index (χ0v) is 14.0. The number of piperidine rings is 1. The van der Waals surface area contributed by atoms with E-state index in [9.17, 15) is 4.79 Å². The van der Waals surface area contributed by atoms with Crippen LogP contribution in [0.1, 0.15) is 26.2 Å². The van der Waals surface area contributed by atoms with Crippen LogP contribution in [0, 0.1) is 0 Å². The number of benzene rings is 1. The molecule has 0 aromatic heterocycles. The van der Waals surface area contributed by atoms with E-state index in [1.54, 1.807) is 12.0 Å². The Kier molecular flexibility index (Phi) is 6.87. The molecule has 2 rings (SSSR count). The molecule has 1 aliphatic heterocycles. The van der Waals surface area contributed by atoms with Crippen LogP contribution in [-0.2, 0) is 4.79 Å². The molecule has 0 radical (unpaired) electrons. The van der Waals surface area contributed by atoms with Crippen molar-refractivity contribution in [1.29, 1.82) is 0 Å². The van der Waals surface area contributed by atoms with Gasteiger partial charge in [0.25, 0.3) is 5.91 Å². The third-order valence-corrected chi connectivity index (χ3v) is 4.02. The molecular formula is C17H27N4O2+. The first kappa shape index (κ1) is 17.3. The number of quaternary nitrogens is 1. The van der Waals surface area contributed by atoms with Crippen LogP contribution in [0.25, 0.3) is 0 Å². The van der Waals surface area contributed by atoms with Crippen molar-refractivity contribution in [3.05, 3.63) is 24.3 Å². The number of methoxy groups -OCH3 is 1. The fraction of sp³-hybridized carbons (Fsp3) is 0.529. The molecule has 0 bridgehead atoms. The maximum atomic E-state index is 11.9. The first-order valence-corrected chi connectivity index (χ1v) is 8.27. The molecule has 0 aliphatic carbocycles. The standard InChI is InChI=1S/C17H26N4O2/c1-3-10-21-11-8-14(9-12-21)19-20-17(22)13-18-15-6-4-5-7-16(15)23-2/h4-7,18H,3,8-13H2,1-2H3,(H,20,22)/p+1. The van der Waals surface area contributed by atoms with Crippen molar-refractivity contribution >= 4 is 17.3 Å². The summed E-state index contributed by atoms with van der Waals surface area (Å²) >= 11 is 0. The zero-order valence-electron chi connectivity index (χ0n) is 14.0. The molecule has 6 nitrogen and oxygen atoms in total. The van der Waals surface area contributed by atoms with Crippen molar-refractivity contribution in [3.63, 3.8) is 0 Å². The highest BCUT2D eigenvalue weighted by atomic mass is 16.5. The van der Waals surface area contributed by atoms with Crippen molar-refractivity contribution in [1.82, 2.24) is 5.43 Å². The molecule has 6 heteroatoms. The Morgan fingerprint density at radius 1 is 1.30 bits per heavy atom. The van der Waals surface area contributed by atoms with Crippen molar-refractivity contribution < 1.29 is 14.4 Å². The second-order valence-electron chi connectivity index (χ2n) is 5.77.